The fraction of sp³-hybridized carbons (Fsp3) is 0.647. The van der Waals surface area contributed by atoms with Crippen LogP contribution in [0.25, 0.3) is 0 Å². The normalized spacial score (nSPS) is 23.6. The molecular formula is C17H27NO3. The SMILES string of the molecule is COc1ccccc1OCC(O)CNC1CCC(C)CC1. The maximum absolute atomic E-state index is 10.0. The average molecular weight is 293 g/mol. The maximum atomic E-state index is 10.0. The summed E-state index contributed by atoms with van der Waals surface area (Å²) in [4.78, 5) is 0. The van der Waals surface area contributed by atoms with E-state index in [-0.39, 0.29) is 6.61 Å². The number of benzene rings is 1. The molecule has 4 heteroatoms. The van der Waals surface area contributed by atoms with Crippen molar-refractivity contribution in [2.75, 3.05) is 20.3 Å². The standard InChI is InChI=1S/C17H27NO3/c1-13-7-9-14(10-8-13)18-11-15(19)12-21-17-6-4-3-5-16(17)20-2/h3-6,13-15,18-19H,7-12H2,1-2H3. The number of hydrogen-bond acceptors (Lipinski definition) is 4. The van der Waals surface area contributed by atoms with E-state index in [1.165, 1.54) is 25.7 Å². The Bertz CT molecular complexity index is 416. The molecule has 1 aromatic carbocycles. The van der Waals surface area contributed by atoms with Gasteiger partial charge < -0.3 is 19.9 Å². The second-order valence-corrected chi connectivity index (χ2v) is 5.98. The quantitative estimate of drug-likeness (QED) is 0.811. The van der Waals surface area contributed by atoms with Crippen molar-refractivity contribution in [1.29, 1.82) is 0 Å². The molecule has 1 aliphatic rings. The van der Waals surface area contributed by atoms with Gasteiger partial charge in [-0.25, -0.2) is 0 Å². The van der Waals surface area contributed by atoms with Crippen molar-refractivity contribution in [2.45, 2.75) is 44.8 Å². The van der Waals surface area contributed by atoms with E-state index in [0.29, 0.717) is 24.1 Å². The highest BCUT2D eigenvalue weighted by Gasteiger charge is 2.18. The average Bonchev–Trinajstić information content (AvgIpc) is 2.52. The molecular weight excluding hydrogens is 266 g/mol. The van der Waals surface area contributed by atoms with Gasteiger partial charge in [-0.2, -0.15) is 0 Å². The van der Waals surface area contributed by atoms with Crippen molar-refractivity contribution >= 4 is 0 Å². The topological polar surface area (TPSA) is 50.7 Å². The lowest BCUT2D eigenvalue weighted by Crippen LogP contribution is -2.39. The van der Waals surface area contributed by atoms with Gasteiger partial charge in [0.2, 0.25) is 0 Å². The van der Waals surface area contributed by atoms with Crippen molar-refractivity contribution in [3.63, 3.8) is 0 Å². The zero-order valence-corrected chi connectivity index (χ0v) is 13.0. The second-order valence-electron chi connectivity index (χ2n) is 5.98. The summed E-state index contributed by atoms with van der Waals surface area (Å²) in [5.74, 6) is 2.21. The molecule has 0 spiro atoms. The lowest BCUT2D eigenvalue weighted by atomic mass is 9.87. The smallest absolute Gasteiger partial charge is 0.161 e. The summed E-state index contributed by atoms with van der Waals surface area (Å²) < 4.78 is 10.9. The highest BCUT2D eigenvalue weighted by molar-refractivity contribution is 5.39. The molecule has 0 aliphatic heterocycles. The number of aliphatic hydroxyl groups excluding tert-OH is 1. The molecule has 1 atom stereocenters. The van der Waals surface area contributed by atoms with Gasteiger partial charge in [0.15, 0.2) is 11.5 Å². The molecule has 0 heterocycles. The number of para-hydroxylation sites is 2. The predicted molar refractivity (Wildman–Crippen MR) is 83.9 cm³/mol. The summed E-state index contributed by atoms with van der Waals surface area (Å²) in [7, 11) is 1.62. The number of ether oxygens (including phenoxy) is 2. The predicted octanol–water partition coefficient (Wildman–Crippen LogP) is 2.60. The van der Waals surface area contributed by atoms with Crippen LogP contribution < -0.4 is 14.8 Å². The lowest BCUT2D eigenvalue weighted by Gasteiger charge is -2.27. The van der Waals surface area contributed by atoms with Gasteiger partial charge in [-0.3, -0.25) is 0 Å². The summed E-state index contributed by atoms with van der Waals surface area (Å²) in [6, 6.07) is 8.03. The van der Waals surface area contributed by atoms with E-state index in [0.717, 1.165) is 5.92 Å². The van der Waals surface area contributed by atoms with Crippen LogP contribution in [0.4, 0.5) is 0 Å². The summed E-state index contributed by atoms with van der Waals surface area (Å²) in [5.41, 5.74) is 0. The fourth-order valence-corrected chi connectivity index (χ4v) is 2.75. The molecule has 2 rings (SSSR count). The third kappa shape index (κ3) is 5.21. The molecule has 0 amide bonds. The van der Waals surface area contributed by atoms with Gasteiger partial charge in [0.1, 0.15) is 12.7 Å². The van der Waals surface area contributed by atoms with E-state index >= 15 is 0 Å². The molecule has 0 saturated heterocycles. The minimum absolute atomic E-state index is 0.274. The lowest BCUT2D eigenvalue weighted by molar-refractivity contribution is 0.0992. The molecule has 1 aromatic rings. The van der Waals surface area contributed by atoms with E-state index in [1.807, 2.05) is 24.3 Å². The Hall–Kier alpha value is -1.26. The van der Waals surface area contributed by atoms with Crippen LogP contribution >= 0.6 is 0 Å². The van der Waals surface area contributed by atoms with Crippen molar-refractivity contribution < 1.29 is 14.6 Å². The van der Waals surface area contributed by atoms with Gasteiger partial charge in [-0.15, -0.1) is 0 Å². The van der Waals surface area contributed by atoms with Gasteiger partial charge in [0.25, 0.3) is 0 Å². The van der Waals surface area contributed by atoms with Gasteiger partial charge in [-0.1, -0.05) is 19.1 Å². The van der Waals surface area contributed by atoms with Crippen LogP contribution in [-0.2, 0) is 0 Å². The van der Waals surface area contributed by atoms with Crippen molar-refractivity contribution in [2.24, 2.45) is 5.92 Å². The Labute approximate surface area is 127 Å². The van der Waals surface area contributed by atoms with E-state index in [2.05, 4.69) is 12.2 Å². The highest BCUT2D eigenvalue weighted by Crippen LogP contribution is 2.26. The minimum Gasteiger partial charge on any atom is -0.493 e. The number of methoxy groups -OCH3 is 1. The largest absolute Gasteiger partial charge is 0.493 e. The first-order valence-corrected chi connectivity index (χ1v) is 7.86. The van der Waals surface area contributed by atoms with Crippen LogP contribution in [0.1, 0.15) is 32.6 Å². The van der Waals surface area contributed by atoms with Crippen molar-refractivity contribution in [3.05, 3.63) is 24.3 Å². The molecule has 21 heavy (non-hydrogen) atoms. The Morgan fingerprint density at radius 1 is 1.19 bits per heavy atom. The van der Waals surface area contributed by atoms with E-state index in [9.17, 15) is 5.11 Å². The zero-order valence-electron chi connectivity index (χ0n) is 13.0. The molecule has 2 N–H and O–H groups in total. The van der Waals surface area contributed by atoms with Crippen LogP contribution in [0.2, 0.25) is 0 Å². The maximum Gasteiger partial charge on any atom is 0.161 e. The minimum atomic E-state index is -0.505. The molecule has 4 nitrogen and oxygen atoms in total. The third-order valence-corrected chi connectivity index (χ3v) is 4.16. The molecule has 1 fully saturated rings. The Kier molecular flexibility index (Phi) is 6.33. The van der Waals surface area contributed by atoms with Crippen molar-refractivity contribution in [1.82, 2.24) is 5.32 Å². The monoisotopic (exact) mass is 293 g/mol. The molecule has 0 radical (unpaired) electrons. The van der Waals surface area contributed by atoms with E-state index in [1.54, 1.807) is 7.11 Å². The number of nitrogens with one attached hydrogen (secondary N) is 1. The van der Waals surface area contributed by atoms with Crippen LogP contribution in [0.5, 0.6) is 11.5 Å². The Balaban J connectivity index is 1.68. The zero-order chi connectivity index (χ0) is 15.1. The van der Waals surface area contributed by atoms with Gasteiger partial charge in [0.05, 0.1) is 7.11 Å². The van der Waals surface area contributed by atoms with E-state index < -0.39 is 6.10 Å². The number of aliphatic hydroxyl groups is 1. The third-order valence-electron chi connectivity index (χ3n) is 4.16. The first-order chi connectivity index (χ1) is 10.2. The highest BCUT2D eigenvalue weighted by atomic mass is 16.5. The van der Waals surface area contributed by atoms with Crippen LogP contribution in [0.3, 0.4) is 0 Å². The van der Waals surface area contributed by atoms with Crippen LogP contribution in [0, 0.1) is 5.92 Å². The van der Waals surface area contributed by atoms with Crippen LogP contribution in [-0.4, -0.2) is 37.5 Å². The molecule has 1 unspecified atom stereocenters. The summed E-state index contributed by atoms with van der Waals surface area (Å²) in [5, 5.41) is 13.5. The summed E-state index contributed by atoms with van der Waals surface area (Å²) in [6.07, 6.45) is 4.48. The molecule has 0 bridgehead atoms. The van der Waals surface area contributed by atoms with Crippen LogP contribution in [0.15, 0.2) is 24.3 Å². The van der Waals surface area contributed by atoms with Crippen molar-refractivity contribution in [3.8, 4) is 11.5 Å². The first-order valence-electron chi connectivity index (χ1n) is 7.86. The Morgan fingerprint density at radius 3 is 2.52 bits per heavy atom. The van der Waals surface area contributed by atoms with Gasteiger partial charge >= 0.3 is 0 Å². The first kappa shape index (κ1) is 16.1. The van der Waals surface area contributed by atoms with E-state index in [4.69, 9.17) is 9.47 Å². The molecule has 1 saturated carbocycles. The summed E-state index contributed by atoms with van der Waals surface area (Å²) >= 11 is 0. The molecule has 0 aromatic heterocycles. The summed E-state index contributed by atoms with van der Waals surface area (Å²) in [6.45, 7) is 3.16. The number of hydrogen-bond donors (Lipinski definition) is 2. The molecule has 1 aliphatic carbocycles. The van der Waals surface area contributed by atoms with Gasteiger partial charge in [-0.05, 0) is 43.7 Å². The second kappa shape index (κ2) is 8.25. The Morgan fingerprint density at radius 2 is 1.86 bits per heavy atom. The number of rotatable bonds is 7. The van der Waals surface area contributed by atoms with Gasteiger partial charge in [0, 0.05) is 12.6 Å². The fourth-order valence-electron chi connectivity index (χ4n) is 2.75. The molecule has 118 valence electrons.